The molecule has 3 fully saturated rings. The maximum atomic E-state index is 12.7. The van der Waals surface area contributed by atoms with E-state index in [4.69, 9.17) is 0 Å². The molecular formula is C19H18N2O3. The van der Waals surface area contributed by atoms with Crippen LogP contribution in [0.15, 0.2) is 42.5 Å². The number of nitrogens with one attached hydrogen (secondary N) is 1. The number of nitrogens with zero attached hydrogens (tertiary/aromatic N) is 1. The van der Waals surface area contributed by atoms with Gasteiger partial charge in [-0.2, -0.15) is 5.01 Å². The molecule has 1 saturated heterocycles. The van der Waals surface area contributed by atoms with Crippen molar-refractivity contribution in [1.29, 1.82) is 0 Å². The van der Waals surface area contributed by atoms with Crippen LogP contribution in [0.1, 0.15) is 18.4 Å². The molecule has 1 spiro atoms. The Bertz CT molecular complexity index is 747. The van der Waals surface area contributed by atoms with Crippen LogP contribution in [0.25, 0.3) is 0 Å². The second-order valence-corrected chi connectivity index (χ2v) is 7.43. The highest BCUT2D eigenvalue weighted by atomic mass is 16.2. The van der Waals surface area contributed by atoms with Crippen molar-refractivity contribution in [2.24, 2.45) is 29.1 Å². The Labute approximate surface area is 139 Å². The number of hydrazine groups is 1. The minimum Gasteiger partial charge on any atom is -0.273 e. The van der Waals surface area contributed by atoms with Gasteiger partial charge in [0.1, 0.15) is 0 Å². The maximum absolute atomic E-state index is 12.7. The zero-order chi connectivity index (χ0) is 16.5. The molecule has 0 unspecified atom stereocenters. The average molecular weight is 322 g/mol. The largest absolute Gasteiger partial charge is 0.273 e. The van der Waals surface area contributed by atoms with Crippen molar-refractivity contribution < 1.29 is 14.4 Å². The van der Waals surface area contributed by atoms with E-state index in [2.05, 4.69) is 17.6 Å². The Morgan fingerprint density at radius 2 is 1.62 bits per heavy atom. The first-order valence-electron chi connectivity index (χ1n) is 8.51. The van der Waals surface area contributed by atoms with Crippen LogP contribution in [0.3, 0.4) is 0 Å². The van der Waals surface area contributed by atoms with Crippen LogP contribution in [0.5, 0.6) is 0 Å². The molecule has 2 saturated carbocycles. The van der Waals surface area contributed by atoms with E-state index in [0.29, 0.717) is 0 Å². The molecule has 24 heavy (non-hydrogen) atoms. The van der Waals surface area contributed by atoms with E-state index in [9.17, 15) is 14.4 Å². The molecule has 5 nitrogen and oxygen atoms in total. The van der Waals surface area contributed by atoms with Gasteiger partial charge in [0, 0.05) is 0 Å². The number of rotatable bonds is 3. The molecule has 0 radical (unpaired) electrons. The van der Waals surface area contributed by atoms with Crippen LogP contribution >= 0.6 is 0 Å². The van der Waals surface area contributed by atoms with Gasteiger partial charge < -0.3 is 0 Å². The summed E-state index contributed by atoms with van der Waals surface area (Å²) in [7, 11) is 0. The van der Waals surface area contributed by atoms with E-state index in [-0.39, 0.29) is 53.2 Å². The van der Waals surface area contributed by atoms with Gasteiger partial charge in [-0.15, -0.1) is 0 Å². The molecule has 3 amide bonds. The molecule has 2 bridgehead atoms. The molecule has 4 atom stereocenters. The van der Waals surface area contributed by atoms with E-state index in [0.717, 1.165) is 23.4 Å². The maximum Gasteiger partial charge on any atom is 0.252 e. The lowest BCUT2D eigenvalue weighted by Gasteiger charge is -2.22. The molecule has 5 heteroatoms. The monoisotopic (exact) mass is 322 g/mol. The van der Waals surface area contributed by atoms with Crippen molar-refractivity contribution >= 4 is 17.7 Å². The topological polar surface area (TPSA) is 66.5 Å². The molecular weight excluding hydrogens is 304 g/mol. The molecule has 1 aromatic carbocycles. The lowest BCUT2D eigenvalue weighted by Crippen LogP contribution is -2.48. The number of imide groups is 1. The van der Waals surface area contributed by atoms with Crippen molar-refractivity contribution in [3.63, 3.8) is 0 Å². The molecule has 5 rings (SSSR count). The zero-order valence-electron chi connectivity index (χ0n) is 13.1. The molecule has 0 aromatic heterocycles. The van der Waals surface area contributed by atoms with Gasteiger partial charge in [0.25, 0.3) is 11.8 Å². The summed E-state index contributed by atoms with van der Waals surface area (Å²) >= 11 is 0. The highest BCUT2D eigenvalue weighted by molar-refractivity contribution is 6.07. The Morgan fingerprint density at radius 1 is 1.04 bits per heavy atom. The summed E-state index contributed by atoms with van der Waals surface area (Å²) in [6.45, 7) is 0. The summed E-state index contributed by atoms with van der Waals surface area (Å²) in [5.74, 6) is -0.965. The van der Waals surface area contributed by atoms with Gasteiger partial charge >= 0.3 is 0 Å². The highest BCUT2D eigenvalue weighted by Crippen LogP contribution is 2.73. The van der Waals surface area contributed by atoms with E-state index in [1.165, 1.54) is 0 Å². The first kappa shape index (κ1) is 14.0. The van der Waals surface area contributed by atoms with Gasteiger partial charge in [-0.25, -0.2) is 0 Å². The molecule has 1 heterocycles. The summed E-state index contributed by atoms with van der Waals surface area (Å²) in [5.41, 5.74) is 3.58. The van der Waals surface area contributed by atoms with Crippen LogP contribution in [-0.4, -0.2) is 22.7 Å². The number of carbonyl (C=O) groups excluding carboxylic acids is 3. The third-order valence-electron chi connectivity index (χ3n) is 6.30. The summed E-state index contributed by atoms with van der Waals surface area (Å²) < 4.78 is 0. The van der Waals surface area contributed by atoms with Crippen LogP contribution in [0.4, 0.5) is 0 Å². The summed E-state index contributed by atoms with van der Waals surface area (Å²) in [5, 5.41) is 0.989. The van der Waals surface area contributed by atoms with Gasteiger partial charge in [-0.05, 0) is 35.7 Å². The minimum atomic E-state index is -0.329. The number of carbonyl (C=O) groups is 3. The van der Waals surface area contributed by atoms with Crippen molar-refractivity contribution in [1.82, 2.24) is 10.4 Å². The van der Waals surface area contributed by atoms with Crippen molar-refractivity contribution in [3.05, 3.63) is 48.0 Å². The van der Waals surface area contributed by atoms with Gasteiger partial charge in [0.15, 0.2) is 0 Å². The van der Waals surface area contributed by atoms with Crippen LogP contribution in [0.2, 0.25) is 0 Å². The Kier molecular flexibility index (Phi) is 2.65. The van der Waals surface area contributed by atoms with Crippen LogP contribution in [0, 0.1) is 29.1 Å². The molecule has 122 valence electrons. The number of hydrogen-bond acceptors (Lipinski definition) is 3. The minimum absolute atomic E-state index is 0.155. The van der Waals surface area contributed by atoms with Gasteiger partial charge in [0.05, 0.1) is 18.3 Å². The lowest BCUT2D eigenvalue weighted by atomic mass is 9.85. The van der Waals surface area contributed by atoms with Gasteiger partial charge in [-0.1, -0.05) is 42.5 Å². The van der Waals surface area contributed by atoms with E-state index in [1.807, 2.05) is 30.3 Å². The second-order valence-electron chi connectivity index (χ2n) is 7.43. The Balaban J connectivity index is 1.33. The number of allylic oxidation sites excluding steroid dienone is 2. The van der Waals surface area contributed by atoms with Crippen molar-refractivity contribution in [2.45, 2.75) is 19.3 Å². The molecule has 1 aromatic rings. The lowest BCUT2D eigenvalue weighted by molar-refractivity contribution is -0.150. The van der Waals surface area contributed by atoms with Gasteiger partial charge in [-0.3, -0.25) is 19.8 Å². The SMILES string of the molecule is O=C(Cc1ccccc1)NN1C(=O)[C@@H]2[C@H](C1=O)[C@@H]1C=C[C@@H]2C12CC2. The Hall–Kier alpha value is -2.43. The van der Waals surface area contributed by atoms with E-state index >= 15 is 0 Å². The summed E-state index contributed by atoms with van der Waals surface area (Å²) in [4.78, 5) is 37.7. The molecule has 3 aliphatic carbocycles. The zero-order valence-corrected chi connectivity index (χ0v) is 13.1. The smallest absolute Gasteiger partial charge is 0.252 e. The van der Waals surface area contributed by atoms with Crippen molar-refractivity contribution in [3.8, 4) is 0 Å². The molecule has 1 N–H and O–H groups in total. The van der Waals surface area contributed by atoms with Crippen molar-refractivity contribution in [2.75, 3.05) is 0 Å². The number of benzene rings is 1. The van der Waals surface area contributed by atoms with Gasteiger partial charge in [0.2, 0.25) is 5.91 Å². The van der Waals surface area contributed by atoms with Crippen LogP contribution < -0.4 is 5.43 Å². The fourth-order valence-corrected chi connectivity index (χ4v) is 5.13. The number of hydrogen-bond donors (Lipinski definition) is 1. The predicted molar refractivity (Wildman–Crippen MR) is 84.9 cm³/mol. The number of fused-ring (bicyclic) bond motifs is 3. The third kappa shape index (κ3) is 1.67. The third-order valence-corrected chi connectivity index (χ3v) is 6.30. The van der Waals surface area contributed by atoms with Crippen LogP contribution in [-0.2, 0) is 20.8 Å². The molecule has 4 aliphatic rings. The molecule has 1 aliphatic heterocycles. The predicted octanol–water partition coefficient (Wildman–Crippen LogP) is 1.46. The van der Waals surface area contributed by atoms with E-state index in [1.54, 1.807) is 0 Å². The second kappa shape index (κ2) is 4.56. The van der Waals surface area contributed by atoms with E-state index < -0.39 is 0 Å². The quantitative estimate of drug-likeness (QED) is 0.677. The fourth-order valence-electron chi connectivity index (χ4n) is 5.13. The first-order chi connectivity index (χ1) is 11.6. The Morgan fingerprint density at radius 3 is 2.17 bits per heavy atom. The fraction of sp³-hybridized carbons (Fsp3) is 0.421. The standard InChI is InChI=1S/C19H18N2O3/c22-14(10-11-4-2-1-3-5-11)20-21-17(23)15-12-6-7-13(16(15)18(21)24)19(12)8-9-19/h1-7,12-13,15-16H,8-10H2,(H,20,22)/t12-,13-,15-,16+/m0/s1. The normalized spacial score (nSPS) is 34.1. The highest BCUT2D eigenvalue weighted by Gasteiger charge is 2.73. The first-order valence-corrected chi connectivity index (χ1v) is 8.51. The summed E-state index contributed by atoms with van der Waals surface area (Å²) in [6.07, 6.45) is 6.63. The number of amides is 3. The summed E-state index contributed by atoms with van der Waals surface area (Å²) in [6, 6.07) is 9.30. The average Bonchev–Trinajstić information content (AvgIpc) is 3.19.